The molecule has 0 aliphatic carbocycles. The summed E-state index contributed by atoms with van der Waals surface area (Å²) in [7, 11) is 0. The molecule has 1 atom stereocenters. The van der Waals surface area contributed by atoms with Crippen LogP contribution in [0.4, 0.5) is 0 Å². The largest absolute Gasteiger partial charge is 0.378 e. The van der Waals surface area contributed by atoms with Gasteiger partial charge in [-0.25, -0.2) is 0 Å². The minimum absolute atomic E-state index is 0.235. The van der Waals surface area contributed by atoms with Crippen LogP contribution in [-0.2, 0) is 9.47 Å². The van der Waals surface area contributed by atoms with Crippen molar-refractivity contribution in [3.05, 3.63) is 0 Å². The molecule has 0 aromatic carbocycles. The summed E-state index contributed by atoms with van der Waals surface area (Å²) < 4.78 is 10.5. The van der Waals surface area contributed by atoms with Gasteiger partial charge in [0.2, 0.25) is 0 Å². The first kappa shape index (κ1) is 16.4. The van der Waals surface area contributed by atoms with E-state index >= 15 is 0 Å². The van der Waals surface area contributed by atoms with Crippen molar-refractivity contribution in [2.75, 3.05) is 46.1 Å². The van der Waals surface area contributed by atoms with Crippen LogP contribution in [0.3, 0.4) is 0 Å². The monoisotopic (exact) mass is 244 g/mol. The zero-order chi connectivity index (χ0) is 12.8. The summed E-state index contributed by atoms with van der Waals surface area (Å²) in [5.41, 5.74) is 5.35. The molecule has 17 heavy (non-hydrogen) atoms. The average Bonchev–Trinajstić information content (AvgIpc) is 2.32. The molecule has 0 amide bonds. The van der Waals surface area contributed by atoms with Crippen LogP contribution in [0.5, 0.6) is 0 Å². The summed E-state index contributed by atoms with van der Waals surface area (Å²) in [6, 6.07) is 0. The van der Waals surface area contributed by atoms with Crippen molar-refractivity contribution in [2.24, 2.45) is 5.73 Å². The maximum Gasteiger partial charge on any atom is 0.137 e. The highest BCUT2D eigenvalue weighted by Gasteiger charge is 1.97. The first-order chi connectivity index (χ1) is 8.31. The van der Waals surface area contributed by atoms with Crippen molar-refractivity contribution in [2.45, 2.75) is 19.4 Å². The molecular weight excluding hydrogens is 220 g/mol. The maximum absolute atomic E-state index is 9.21. The molecule has 4 N–H and O–H groups in total. The van der Waals surface area contributed by atoms with E-state index in [9.17, 15) is 5.11 Å². The molecule has 0 bridgehead atoms. The van der Waals surface area contributed by atoms with Crippen LogP contribution in [0.15, 0.2) is 0 Å². The first-order valence-electron chi connectivity index (χ1n) is 5.98. The predicted octanol–water partition coefficient (Wildman–Crippen LogP) is -0.658. The molecule has 0 radical (unpaired) electrons. The molecule has 0 saturated carbocycles. The van der Waals surface area contributed by atoms with Gasteiger partial charge in [0.15, 0.2) is 0 Å². The van der Waals surface area contributed by atoms with Crippen LogP contribution < -0.4 is 11.1 Å². The highest BCUT2D eigenvalue weighted by Crippen LogP contribution is 1.84. The first-order valence-corrected chi connectivity index (χ1v) is 5.98. The number of aliphatic hydroxyl groups is 1. The highest BCUT2D eigenvalue weighted by molar-refractivity contribution is 5.01. The van der Waals surface area contributed by atoms with Crippen LogP contribution in [0.25, 0.3) is 0 Å². The second-order valence-corrected chi connectivity index (χ2v) is 3.49. The fraction of sp³-hybridized carbons (Fsp3) is 0.833. The third kappa shape index (κ3) is 13.3. The van der Waals surface area contributed by atoms with Crippen LogP contribution in [0, 0.1) is 11.8 Å². The van der Waals surface area contributed by atoms with Crippen molar-refractivity contribution in [1.82, 2.24) is 5.32 Å². The quantitative estimate of drug-likeness (QED) is 0.332. The molecule has 0 heterocycles. The number of nitrogens with two attached hydrogens (primary N) is 1. The third-order valence-corrected chi connectivity index (χ3v) is 1.94. The van der Waals surface area contributed by atoms with Gasteiger partial charge in [-0.2, -0.15) is 0 Å². The lowest BCUT2D eigenvalue weighted by molar-refractivity contribution is 0.0200. The van der Waals surface area contributed by atoms with Crippen molar-refractivity contribution in [1.29, 1.82) is 0 Å². The van der Waals surface area contributed by atoms with Crippen molar-refractivity contribution in [3.8, 4) is 11.8 Å². The lowest BCUT2D eigenvalue weighted by atomic mass is 10.4. The highest BCUT2D eigenvalue weighted by atomic mass is 16.5. The van der Waals surface area contributed by atoms with E-state index < -0.39 is 6.10 Å². The van der Waals surface area contributed by atoms with Crippen LogP contribution in [-0.4, -0.2) is 57.3 Å². The standard InChI is InChI=1S/C12H24N2O3/c1-2-4-12(15)11-17-10-9-16-8-7-14-6-3-5-13/h12,14-15H,3,5-11,13H2,1H3. The van der Waals surface area contributed by atoms with Crippen LogP contribution in [0.2, 0.25) is 0 Å². The minimum Gasteiger partial charge on any atom is -0.378 e. The smallest absolute Gasteiger partial charge is 0.137 e. The van der Waals surface area contributed by atoms with Gasteiger partial charge in [0.05, 0.1) is 26.4 Å². The fourth-order valence-electron chi connectivity index (χ4n) is 1.12. The molecule has 0 rings (SSSR count). The van der Waals surface area contributed by atoms with Gasteiger partial charge in [-0.15, -0.1) is 5.92 Å². The topological polar surface area (TPSA) is 76.7 Å². The number of nitrogens with one attached hydrogen (secondary N) is 1. The Labute approximate surface area is 104 Å². The second-order valence-electron chi connectivity index (χ2n) is 3.49. The molecule has 100 valence electrons. The van der Waals surface area contributed by atoms with E-state index in [1.54, 1.807) is 6.92 Å². The summed E-state index contributed by atoms with van der Waals surface area (Å²) >= 11 is 0. The Bertz CT molecular complexity index is 214. The lowest BCUT2D eigenvalue weighted by Crippen LogP contribution is -2.23. The number of hydrogen-bond acceptors (Lipinski definition) is 5. The van der Waals surface area contributed by atoms with Gasteiger partial charge in [-0.3, -0.25) is 0 Å². The molecule has 0 saturated heterocycles. The van der Waals surface area contributed by atoms with Gasteiger partial charge in [0.1, 0.15) is 6.10 Å². The molecule has 5 heteroatoms. The van der Waals surface area contributed by atoms with E-state index in [1.807, 2.05) is 0 Å². The van der Waals surface area contributed by atoms with E-state index in [-0.39, 0.29) is 6.61 Å². The third-order valence-electron chi connectivity index (χ3n) is 1.94. The summed E-state index contributed by atoms with van der Waals surface area (Å²) in [5, 5.41) is 12.4. The molecule has 1 unspecified atom stereocenters. The fourth-order valence-corrected chi connectivity index (χ4v) is 1.12. The minimum atomic E-state index is -0.696. The lowest BCUT2D eigenvalue weighted by Gasteiger charge is -2.07. The van der Waals surface area contributed by atoms with Crippen molar-refractivity contribution < 1.29 is 14.6 Å². The molecule has 0 aromatic heterocycles. The summed E-state index contributed by atoms with van der Waals surface area (Å²) in [4.78, 5) is 0. The number of ether oxygens (including phenoxy) is 2. The normalized spacial score (nSPS) is 11.9. The average molecular weight is 244 g/mol. The van der Waals surface area contributed by atoms with Crippen molar-refractivity contribution in [3.63, 3.8) is 0 Å². The van der Waals surface area contributed by atoms with Gasteiger partial charge in [-0.05, 0) is 26.4 Å². The van der Waals surface area contributed by atoms with E-state index in [1.165, 1.54) is 0 Å². The Balaban J connectivity index is 3.05. The van der Waals surface area contributed by atoms with Crippen LogP contribution in [0.1, 0.15) is 13.3 Å². The Morgan fingerprint density at radius 2 is 2.00 bits per heavy atom. The van der Waals surface area contributed by atoms with E-state index in [2.05, 4.69) is 17.2 Å². The van der Waals surface area contributed by atoms with E-state index in [0.717, 1.165) is 19.5 Å². The SMILES string of the molecule is CC#CC(O)COCCOCCNCCCN. The number of aliphatic hydroxyl groups excluding tert-OH is 1. The Kier molecular flexibility index (Phi) is 12.9. The van der Waals surface area contributed by atoms with Crippen molar-refractivity contribution >= 4 is 0 Å². The molecule has 0 aliphatic heterocycles. The maximum atomic E-state index is 9.21. The van der Waals surface area contributed by atoms with E-state index in [0.29, 0.717) is 26.4 Å². The zero-order valence-electron chi connectivity index (χ0n) is 10.6. The van der Waals surface area contributed by atoms with Gasteiger partial charge in [0.25, 0.3) is 0 Å². The Morgan fingerprint density at radius 3 is 2.71 bits per heavy atom. The molecule has 5 nitrogen and oxygen atoms in total. The van der Waals surface area contributed by atoms with E-state index in [4.69, 9.17) is 15.2 Å². The summed E-state index contributed by atoms with van der Waals surface area (Å²) in [6.45, 7) is 6.05. The van der Waals surface area contributed by atoms with Gasteiger partial charge >= 0.3 is 0 Å². The zero-order valence-corrected chi connectivity index (χ0v) is 10.6. The summed E-state index contributed by atoms with van der Waals surface area (Å²) in [6.07, 6.45) is 0.289. The van der Waals surface area contributed by atoms with Gasteiger partial charge < -0.3 is 25.6 Å². The molecule has 0 spiro atoms. The Morgan fingerprint density at radius 1 is 1.24 bits per heavy atom. The molecule has 0 aromatic rings. The van der Waals surface area contributed by atoms with Gasteiger partial charge in [-0.1, -0.05) is 5.92 Å². The second kappa shape index (κ2) is 13.4. The number of hydrogen-bond donors (Lipinski definition) is 3. The van der Waals surface area contributed by atoms with Gasteiger partial charge in [0, 0.05) is 6.54 Å². The molecule has 0 aliphatic rings. The number of rotatable bonds is 11. The predicted molar refractivity (Wildman–Crippen MR) is 67.6 cm³/mol. The molecular formula is C12H24N2O3. The molecule has 0 fully saturated rings. The Hall–Kier alpha value is -0.640. The van der Waals surface area contributed by atoms with Crippen LogP contribution >= 0.6 is 0 Å². The summed E-state index contributed by atoms with van der Waals surface area (Å²) in [5.74, 6) is 5.22.